The molecule has 1 fully saturated rings. The Morgan fingerprint density at radius 3 is 2.84 bits per heavy atom. The second-order valence-electron chi connectivity index (χ2n) is 5.76. The van der Waals surface area contributed by atoms with E-state index < -0.39 is 6.10 Å². The minimum atomic E-state index is -0.433. The number of hydrogen-bond acceptors (Lipinski definition) is 2. The first-order chi connectivity index (χ1) is 9.18. The van der Waals surface area contributed by atoms with Gasteiger partial charge in [-0.05, 0) is 43.7 Å². The summed E-state index contributed by atoms with van der Waals surface area (Å²) in [5.74, 6) is -0.0280. The number of amides is 1. The molecular weight excluding hydrogens is 238 g/mol. The molecule has 1 aromatic carbocycles. The average molecular weight is 259 g/mol. The van der Waals surface area contributed by atoms with Gasteiger partial charge in [0.25, 0.3) is 0 Å². The van der Waals surface area contributed by atoms with Crippen molar-refractivity contribution in [3.05, 3.63) is 35.4 Å². The molecule has 1 amide bonds. The van der Waals surface area contributed by atoms with E-state index in [1.165, 1.54) is 11.1 Å². The lowest BCUT2D eigenvalue weighted by Gasteiger charge is -2.37. The zero-order chi connectivity index (χ0) is 13.4. The molecule has 1 aliphatic carbocycles. The summed E-state index contributed by atoms with van der Waals surface area (Å²) in [5.41, 5.74) is 2.61. The number of carbonyl (C=O) groups excluding carboxylic acids is 1. The molecule has 3 nitrogen and oxygen atoms in total. The molecule has 3 rings (SSSR count). The molecule has 1 saturated carbocycles. The quantitative estimate of drug-likeness (QED) is 0.840. The topological polar surface area (TPSA) is 40.5 Å². The molecule has 0 bridgehead atoms. The molecule has 0 spiro atoms. The molecule has 1 N–H and O–H groups in total. The van der Waals surface area contributed by atoms with Gasteiger partial charge in [-0.1, -0.05) is 24.3 Å². The van der Waals surface area contributed by atoms with Crippen LogP contribution in [0.1, 0.15) is 43.4 Å². The Bertz CT molecular complexity index is 485. The standard InChI is InChI=1S/C16H21NO2/c1-11-13-6-3-2-5-12(13)9-10-17(11)16(19)14-7-4-8-15(14)18/h2-3,5-6,11,14-15,18H,4,7-10H2,1H3. The first-order valence-corrected chi connectivity index (χ1v) is 7.25. The van der Waals surface area contributed by atoms with Crippen molar-refractivity contribution in [2.75, 3.05) is 6.54 Å². The van der Waals surface area contributed by atoms with Crippen LogP contribution in [0.4, 0.5) is 0 Å². The number of benzene rings is 1. The Hall–Kier alpha value is -1.35. The van der Waals surface area contributed by atoms with Gasteiger partial charge in [-0.2, -0.15) is 0 Å². The lowest BCUT2D eigenvalue weighted by Crippen LogP contribution is -2.43. The van der Waals surface area contributed by atoms with Gasteiger partial charge in [0.05, 0.1) is 18.1 Å². The molecule has 19 heavy (non-hydrogen) atoms. The highest BCUT2D eigenvalue weighted by Gasteiger charge is 2.37. The van der Waals surface area contributed by atoms with E-state index >= 15 is 0 Å². The van der Waals surface area contributed by atoms with Crippen LogP contribution in [0.2, 0.25) is 0 Å². The van der Waals surface area contributed by atoms with Crippen molar-refractivity contribution in [2.45, 2.75) is 44.8 Å². The molecule has 2 aliphatic rings. The largest absolute Gasteiger partial charge is 0.392 e. The fraction of sp³-hybridized carbons (Fsp3) is 0.562. The fourth-order valence-corrected chi connectivity index (χ4v) is 3.51. The number of rotatable bonds is 1. The number of fused-ring (bicyclic) bond motifs is 1. The van der Waals surface area contributed by atoms with Crippen LogP contribution in [-0.4, -0.2) is 28.6 Å². The Labute approximate surface area is 114 Å². The van der Waals surface area contributed by atoms with Crippen molar-refractivity contribution in [1.29, 1.82) is 0 Å². The summed E-state index contributed by atoms with van der Waals surface area (Å²) in [4.78, 5) is 14.6. The predicted octanol–water partition coefficient (Wildman–Crippen LogP) is 2.29. The Morgan fingerprint density at radius 1 is 1.32 bits per heavy atom. The van der Waals surface area contributed by atoms with E-state index in [0.29, 0.717) is 0 Å². The van der Waals surface area contributed by atoms with Gasteiger partial charge >= 0.3 is 0 Å². The first-order valence-electron chi connectivity index (χ1n) is 7.25. The van der Waals surface area contributed by atoms with E-state index in [0.717, 1.165) is 32.2 Å². The third-order valence-electron chi connectivity index (χ3n) is 4.67. The summed E-state index contributed by atoms with van der Waals surface area (Å²) in [6, 6.07) is 8.49. The molecule has 102 valence electrons. The second-order valence-corrected chi connectivity index (χ2v) is 5.76. The fourth-order valence-electron chi connectivity index (χ4n) is 3.51. The van der Waals surface area contributed by atoms with Gasteiger partial charge in [0.15, 0.2) is 0 Å². The highest BCUT2D eigenvalue weighted by atomic mass is 16.3. The lowest BCUT2D eigenvalue weighted by molar-refractivity contribution is -0.140. The molecule has 0 aromatic heterocycles. The number of aliphatic hydroxyl groups excluding tert-OH is 1. The van der Waals surface area contributed by atoms with Crippen LogP contribution in [0.3, 0.4) is 0 Å². The Balaban J connectivity index is 1.82. The summed E-state index contributed by atoms with van der Waals surface area (Å²) in [5, 5.41) is 9.92. The van der Waals surface area contributed by atoms with Crippen molar-refractivity contribution < 1.29 is 9.90 Å². The van der Waals surface area contributed by atoms with Crippen molar-refractivity contribution in [3.63, 3.8) is 0 Å². The second kappa shape index (κ2) is 4.97. The van der Waals surface area contributed by atoms with E-state index in [9.17, 15) is 9.90 Å². The van der Waals surface area contributed by atoms with Crippen molar-refractivity contribution in [2.24, 2.45) is 5.92 Å². The average Bonchev–Trinajstić information content (AvgIpc) is 2.85. The van der Waals surface area contributed by atoms with Crippen molar-refractivity contribution in [1.82, 2.24) is 4.90 Å². The van der Waals surface area contributed by atoms with E-state index in [4.69, 9.17) is 0 Å². The van der Waals surface area contributed by atoms with Crippen LogP contribution >= 0.6 is 0 Å². The van der Waals surface area contributed by atoms with E-state index in [1.807, 2.05) is 11.0 Å². The van der Waals surface area contributed by atoms with Crippen LogP contribution in [0, 0.1) is 5.92 Å². The highest BCUT2D eigenvalue weighted by Crippen LogP contribution is 2.34. The molecule has 3 atom stereocenters. The summed E-state index contributed by atoms with van der Waals surface area (Å²) in [7, 11) is 0. The summed E-state index contributed by atoms with van der Waals surface area (Å²) >= 11 is 0. The van der Waals surface area contributed by atoms with Crippen LogP contribution in [0.25, 0.3) is 0 Å². The summed E-state index contributed by atoms with van der Waals surface area (Å²) in [6.07, 6.45) is 3.07. The maximum atomic E-state index is 12.6. The van der Waals surface area contributed by atoms with Gasteiger partial charge in [0.2, 0.25) is 5.91 Å². The van der Waals surface area contributed by atoms with Crippen LogP contribution in [-0.2, 0) is 11.2 Å². The number of hydrogen-bond donors (Lipinski definition) is 1. The SMILES string of the molecule is CC1c2ccccc2CCN1C(=O)C1CCCC1O. The van der Waals surface area contributed by atoms with Crippen LogP contribution in [0.15, 0.2) is 24.3 Å². The summed E-state index contributed by atoms with van der Waals surface area (Å²) < 4.78 is 0. The molecule has 1 aliphatic heterocycles. The van der Waals surface area contributed by atoms with Gasteiger partial charge in [0.1, 0.15) is 0 Å². The van der Waals surface area contributed by atoms with Gasteiger partial charge in [0, 0.05) is 6.54 Å². The third kappa shape index (κ3) is 2.16. The molecular formula is C16H21NO2. The minimum absolute atomic E-state index is 0.130. The molecule has 1 aromatic rings. The summed E-state index contributed by atoms with van der Waals surface area (Å²) in [6.45, 7) is 2.87. The predicted molar refractivity (Wildman–Crippen MR) is 73.6 cm³/mol. The van der Waals surface area contributed by atoms with Gasteiger partial charge in [-0.3, -0.25) is 4.79 Å². The molecule has 3 unspecified atom stereocenters. The Morgan fingerprint density at radius 2 is 2.11 bits per heavy atom. The maximum absolute atomic E-state index is 12.6. The zero-order valence-electron chi connectivity index (χ0n) is 11.4. The van der Waals surface area contributed by atoms with Gasteiger partial charge in [-0.15, -0.1) is 0 Å². The number of carbonyl (C=O) groups is 1. The highest BCUT2D eigenvalue weighted by molar-refractivity contribution is 5.80. The van der Waals surface area contributed by atoms with E-state index in [-0.39, 0.29) is 17.9 Å². The normalized spacial score (nSPS) is 30.2. The van der Waals surface area contributed by atoms with Crippen LogP contribution in [0.5, 0.6) is 0 Å². The van der Waals surface area contributed by atoms with Crippen molar-refractivity contribution >= 4 is 5.91 Å². The van der Waals surface area contributed by atoms with E-state index in [1.54, 1.807) is 0 Å². The number of aliphatic hydroxyl groups is 1. The van der Waals surface area contributed by atoms with E-state index in [2.05, 4.69) is 25.1 Å². The lowest BCUT2D eigenvalue weighted by atomic mass is 9.92. The molecule has 0 saturated heterocycles. The van der Waals surface area contributed by atoms with Crippen LogP contribution < -0.4 is 0 Å². The smallest absolute Gasteiger partial charge is 0.228 e. The maximum Gasteiger partial charge on any atom is 0.228 e. The Kier molecular flexibility index (Phi) is 3.31. The number of nitrogens with zero attached hydrogens (tertiary/aromatic N) is 1. The monoisotopic (exact) mass is 259 g/mol. The molecule has 1 heterocycles. The first kappa shape index (κ1) is 12.7. The van der Waals surface area contributed by atoms with Gasteiger partial charge in [-0.25, -0.2) is 0 Å². The molecule has 0 radical (unpaired) electrons. The van der Waals surface area contributed by atoms with Gasteiger partial charge < -0.3 is 10.0 Å². The van der Waals surface area contributed by atoms with Crippen molar-refractivity contribution in [3.8, 4) is 0 Å². The zero-order valence-corrected chi connectivity index (χ0v) is 11.4. The minimum Gasteiger partial charge on any atom is -0.392 e. The molecule has 3 heteroatoms. The third-order valence-corrected chi connectivity index (χ3v) is 4.67.